The van der Waals surface area contributed by atoms with Crippen LogP contribution in [0.2, 0.25) is 0 Å². The second kappa shape index (κ2) is 8.66. The standard InChI is InChI=1S/C25H33BrO6/c1-15-10-11-19-16(2)21(9-6-14-28-22(27)17-7-4-5-8-20(17)26)29-23-25(19)18(15)12-13-24(3,30-23)31-32-25/h4-5,7-8,15-16,18-19,21,23H,6,9-14H2,1-3H3/t15-,16-,18+,19+,21-,23?,24-,25-/m1/s1. The number of carbonyl (C=O) groups excluding carboxylic acids is 1. The Balaban J connectivity index is 1.25. The number of ether oxygens (including phenoxy) is 3. The Bertz CT molecular complexity index is 863. The molecule has 4 heterocycles. The van der Waals surface area contributed by atoms with Crippen LogP contribution in [-0.2, 0) is 24.0 Å². The maximum Gasteiger partial charge on any atom is 0.339 e. The smallest absolute Gasteiger partial charge is 0.339 e. The van der Waals surface area contributed by atoms with E-state index in [1.54, 1.807) is 6.07 Å². The van der Waals surface area contributed by atoms with Crippen LogP contribution in [0.5, 0.6) is 0 Å². The summed E-state index contributed by atoms with van der Waals surface area (Å²) in [7, 11) is 0. The lowest BCUT2D eigenvalue weighted by Crippen LogP contribution is -2.70. The lowest BCUT2D eigenvalue weighted by Gasteiger charge is -2.60. The average Bonchev–Trinajstić information content (AvgIpc) is 3.00. The van der Waals surface area contributed by atoms with E-state index in [-0.39, 0.29) is 12.1 Å². The van der Waals surface area contributed by atoms with Gasteiger partial charge in [-0.15, -0.1) is 0 Å². The van der Waals surface area contributed by atoms with E-state index in [4.69, 9.17) is 24.0 Å². The number of rotatable bonds is 5. The summed E-state index contributed by atoms with van der Waals surface area (Å²) in [4.78, 5) is 24.4. The Morgan fingerprint density at radius 1 is 1.16 bits per heavy atom. The van der Waals surface area contributed by atoms with Crippen molar-refractivity contribution in [3.63, 3.8) is 0 Å². The van der Waals surface area contributed by atoms with Crippen molar-refractivity contribution >= 4 is 21.9 Å². The fourth-order valence-corrected chi connectivity index (χ4v) is 6.91. The average molecular weight is 509 g/mol. The first-order chi connectivity index (χ1) is 15.3. The van der Waals surface area contributed by atoms with Gasteiger partial charge in [-0.2, -0.15) is 0 Å². The van der Waals surface area contributed by atoms with Crippen LogP contribution >= 0.6 is 15.9 Å². The van der Waals surface area contributed by atoms with Gasteiger partial charge in [-0.05, 0) is 84.8 Å². The molecule has 5 fully saturated rings. The highest BCUT2D eigenvalue weighted by Crippen LogP contribution is 2.60. The molecular formula is C25H33BrO6. The molecule has 1 aromatic carbocycles. The third-order valence-electron chi connectivity index (χ3n) is 8.25. The summed E-state index contributed by atoms with van der Waals surface area (Å²) in [5.74, 6) is 0.532. The van der Waals surface area contributed by atoms with Crippen LogP contribution < -0.4 is 0 Å². The maximum absolute atomic E-state index is 12.4. The Hall–Kier alpha value is -0.990. The highest BCUT2D eigenvalue weighted by atomic mass is 79.9. The van der Waals surface area contributed by atoms with Gasteiger partial charge in [0, 0.05) is 16.8 Å². The number of halogens is 1. The van der Waals surface area contributed by atoms with Gasteiger partial charge in [0.1, 0.15) is 0 Å². The third kappa shape index (κ3) is 3.74. The van der Waals surface area contributed by atoms with Crippen molar-refractivity contribution in [2.24, 2.45) is 23.7 Å². The van der Waals surface area contributed by atoms with E-state index in [1.807, 2.05) is 25.1 Å². The fraction of sp³-hybridized carbons (Fsp3) is 0.720. The predicted octanol–water partition coefficient (Wildman–Crippen LogP) is 5.64. The molecule has 6 nitrogen and oxygen atoms in total. The predicted molar refractivity (Wildman–Crippen MR) is 120 cm³/mol. The molecule has 2 bridgehead atoms. The first-order valence-electron chi connectivity index (χ1n) is 12.0. The van der Waals surface area contributed by atoms with Crippen molar-refractivity contribution in [3.05, 3.63) is 34.3 Å². The van der Waals surface area contributed by atoms with Crippen LogP contribution in [0, 0.1) is 23.7 Å². The second-order valence-electron chi connectivity index (χ2n) is 10.2. The first-order valence-corrected chi connectivity index (χ1v) is 12.7. The van der Waals surface area contributed by atoms with Gasteiger partial charge in [-0.1, -0.05) is 26.0 Å². The fourth-order valence-electron chi connectivity index (χ4n) is 6.46. The molecule has 1 aliphatic carbocycles. The highest BCUT2D eigenvalue weighted by Gasteiger charge is 2.69. The zero-order valence-electron chi connectivity index (χ0n) is 19.1. The summed E-state index contributed by atoms with van der Waals surface area (Å²) in [6, 6.07) is 7.32. The molecule has 0 amide bonds. The normalized spacial score (nSPS) is 42.8. The molecule has 176 valence electrons. The van der Waals surface area contributed by atoms with Crippen LogP contribution in [0.15, 0.2) is 28.7 Å². The summed E-state index contributed by atoms with van der Waals surface area (Å²) < 4.78 is 19.3. The van der Waals surface area contributed by atoms with Crippen molar-refractivity contribution in [1.82, 2.24) is 0 Å². The number of carbonyl (C=O) groups is 1. The Morgan fingerprint density at radius 3 is 2.78 bits per heavy atom. The molecule has 4 saturated heterocycles. The molecule has 32 heavy (non-hydrogen) atoms. The van der Waals surface area contributed by atoms with E-state index < -0.39 is 17.7 Å². The molecular weight excluding hydrogens is 476 g/mol. The van der Waals surface area contributed by atoms with Gasteiger partial charge in [-0.25, -0.2) is 14.6 Å². The molecule has 5 aliphatic rings. The lowest BCUT2D eigenvalue weighted by molar-refractivity contribution is -0.571. The van der Waals surface area contributed by atoms with E-state index >= 15 is 0 Å². The number of benzene rings is 1. The van der Waals surface area contributed by atoms with Crippen molar-refractivity contribution in [2.75, 3.05) is 6.61 Å². The van der Waals surface area contributed by atoms with Crippen LogP contribution in [0.4, 0.5) is 0 Å². The number of hydrogen-bond acceptors (Lipinski definition) is 6. The third-order valence-corrected chi connectivity index (χ3v) is 8.95. The van der Waals surface area contributed by atoms with Gasteiger partial charge in [-0.3, -0.25) is 0 Å². The molecule has 0 N–H and O–H groups in total. The van der Waals surface area contributed by atoms with Gasteiger partial charge >= 0.3 is 5.97 Å². The summed E-state index contributed by atoms with van der Waals surface area (Å²) in [6.45, 7) is 6.91. The van der Waals surface area contributed by atoms with Crippen molar-refractivity contribution < 1.29 is 28.8 Å². The summed E-state index contributed by atoms with van der Waals surface area (Å²) >= 11 is 3.41. The van der Waals surface area contributed by atoms with E-state index in [2.05, 4.69) is 29.8 Å². The van der Waals surface area contributed by atoms with Crippen LogP contribution in [0.1, 0.15) is 69.7 Å². The maximum atomic E-state index is 12.4. The molecule has 0 radical (unpaired) electrons. The molecule has 0 aromatic heterocycles. The Labute approximate surface area is 198 Å². The minimum atomic E-state index is -0.749. The SMILES string of the molecule is C[C@H]1[C@@H](CCCOC(=O)c2ccccc2Br)OC2O[C@@]3(C)CC[C@H]4[C@H](C)CC[C@@H]1[C@@]24OO3. The van der Waals surface area contributed by atoms with Crippen molar-refractivity contribution in [1.29, 1.82) is 0 Å². The molecule has 1 unspecified atom stereocenters. The molecule has 1 spiro atoms. The van der Waals surface area contributed by atoms with Gasteiger partial charge in [0.25, 0.3) is 0 Å². The molecule has 1 saturated carbocycles. The molecule has 8 atom stereocenters. The second-order valence-corrected chi connectivity index (χ2v) is 11.1. The minimum Gasteiger partial charge on any atom is -0.462 e. The summed E-state index contributed by atoms with van der Waals surface area (Å²) in [5, 5.41) is 0. The number of fused-ring (bicyclic) bond motifs is 2. The quantitative estimate of drug-likeness (QED) is 0.291. The largest absolute Gasteiger partial charge is 0.462 e. The Morgan fingerprint density at radius 2 is 1.97 bits per heavy atom. The van der Waals surface area contributed by atoms with E-state index in [1.165, 1.54) is 6.42 Å². The van der Waals surface area contributed by atoms with E-state index in [9.17, 15) is 4.79 Å². The molecule has 1 aromatic rings. The van der Waals surface area contributed by atoms with Crippen LogP contribution in [0.3, 0.4) is 0 Å². The minimum absolute atomic E-state index is 0.0402. The zero-order chi connectivity index (χ0) is 22.5. The van der Waals surface area contributed by atoms with Gasteiger partial charge in [0.05, 0.1) is 18.3 Å². The lowest BCUT2D eigenvalue weighted by atomic mass is 9.57. The number of hydrogen-bond donors (Lipinski definition) is 0. The molecule has 4 aliphatic heterocycles. The Kier molecular flexibility index (Phi) is 6.16. The summed E-state index contributed by atoms with van der Waals surface area (Å²) in [6.07, 6.45) is 5.33. The molecule has 6 rings (SSSR count). The van der Waals surface area contributed by atoms with Crippen LogP contribution in [-0.4, -0.2) is 36.4 Å². The monoisotopic (exact) mass is 508 g/mol. The summed E-state index contributed by atoms with van der Waals surface area (Å²) in [5.41, 5.74) is 0.0303. The molecule has 7 heteroatoms. The van der Waals surface area contributed by atoms with Gasteiger partial charge in [0.15, 0.2) is 11.9 Å². The first kappa shape index (κ1) is 22.8. The van der Waals surface area contributed by atoms with E-state index in [0.29, 0.717) is 35.8 Å². The van der Waals surface area contributed by atoms with Crippen molar-refractivity contribution in [2.45, 2.75) is 83.1 Å². The van der Waals surface area contributed by atoms with Gasteiger partial charge < -0.3 is 14.2 Å². The number of esters is 1. The van der Waals surface area contributed by atoms with Crippen molar-refractivity contribution in [3.8, 4) is 0 Å². The topological polar surface area (TPSA) is 63.2 Å². The van der Waals surface area contributed by atoms with Gasteiger partial charge in [0.2, 0.25) is 5.79 Å². The van der Waals surface area contributed by atoms with Crippen LogP contribution in [0.25, 0.3) is 0 Å². The van der Waals surface area contributed by atoms with E-state index in [0.717, 1.165) is 36.6 Å². The zero-order valence-corrected chi connectivity index (χ0v) is 20.6. The highest BCUT2D eigenvalue weighted by molar-refractivity contribution is 9.10.